The van der Waals surface area contributed by atoms with Gasteiger partial charge in [0.2, 0.25) is 0 Å². The first-order chi connectivity index (χ1) is 7.66. The van der Waals surface area contributed by atoms with Gasteiger partial charge in [0.1, 0.15) is 5.82 Å². The zero-order chi connectivity index (χ0) is 11.5. The third-order valence-electron chi connectivity index (χ3n) is 3.16. The van der Waals surface area contributed by atoms with Crippen LogP contribution < -0.4 is 4.90 Å². The molecular weight excluding hydrogens is 203 g/mol. The number of benzene rings is 1. The summed E-state index contributed by atoms with van der Waals surface area (Å²) in [4.78, 5) is 4.68. The van der Waals surface area contributed by atoms with E-state index in [0.717, 1.165) is 31.9 Å². The van der Waals surface area contributed by atoms with Crippen molar-refractivity contribution in [1.29, 1.82) is 0 Å². The second-order valence-electron chi connectivity index (χ2n) is 4.51. The molecule has 0 N–H and O–H groups in total. The van der Waals surface area contributed by atoms with Crippen molar-refractivity contribution in [3.8, 4) is 0 Å². The third kappa shape index (κ3) is 2.53. The van der Waals surface area contributed by atoms with Crippen LogP contribution in [0.2, 0.25) is 0 Å². The summed E-state index contributed by atoms with van der Waals surface area (Å²) in [5.74, 6) is -0.274. The van der Waals surface area contributed by atoms with Gasteiger partial charge in [-0.05, 0) is 32.0 Å². The van der Waals surface area contributed by atoms with Crippen LogP contribution in [0.3, 0.4) is 0 Å². The van der Waals surface area contributed by atoms with Crippen molar-refractivity contribution >= 4 is 5.69 Å². The highest BCUT2D eigenvalue weighted by Gasteiger charge is 2.18. The Balaban J connectivity index is 1.99. The summed E-state index contributed by atoms with van der Waals surface area (Å²) in [5.41, 5.74) is 0.972. The maximum Gasteiger partial charge on any atom is 0.133 e. The molecule has 0 spiro atoms. The van der Waals surface area contributed by atoms with Crippen molar-refractivity contribution in [3.63, 3.8) is 0 Å². The number of halogens is 1. The zero-order valence-corrected chi connectivity index (χ0v) is 9.91. The van der Waals surface area contributed by atoms with E-state index in [9.17, 15) is 4.39 Å². The van der Waals surface area contributed by atoms with Gasteiger partial charge in [0.05, 0.1) is 0 Å². The topological polar surface area (TPSA) is 6.48 Å². The number of nitrogens with zero attached hydrogens (tertiary/aromatic N) is 2. The predicted molar refractivity (Wildman–Crippen MR) is 64.2 cm³/mol. The second-order valence-corrected chi connectivity index (χ2v) is 4.51. The molecule has 3 heteroatoms. The summed E-state index contributed by atoms with van der Waals surface area (Å²) >= 11 is 0. The van der Waals surface area contributed by atoms with Crippen LogP contribution in [0, 0.1) is 11.9 Å². The van der Waals surface area contributed by atoms with Crippen molar-refractivity contribution in [1.82, 2.24) is 4.90 Å². The van der Waals surface area contributed by atoms with E-state index in [1.54, 1.807) is 12.1 Å². The largest absolute Gasteiger partial charge is 0.369 e. The monoisotopic (exact) mass is 221 g/mol. The van der Waals surface area contributed by atoms with E-state index >= 15 is 0 Å². The van der Waals surface area contributed by atoms with Crippen molar-refractivity contribution in [2.24, 2.45) is 0 Å². The Morgan fingerprint density at radius 1 is 1.25 bits per heavy atom. The molecule has 1 aliphatic rings. The summed E-state index contributed by atoms with van der Waals surface area (Å²) in [6.07, 6.45) is 0. The Kier molecular flexibility index (Phi) is 3.44. The minimum atomic E-state index is -0.274. The number of anilines is 1. The minimum Gasteiger partial charge on any atom is -0.369 e. The minimum absolute atomic E-state index is 0.274. The van der Waals surface area contributed by atoms with Crippen LogP contribution in [-0.2, 0) is 0 Å². The maximum atomic E-state index is 13.0. The lowest BCUT2D eigenvalue weighted by Gasteiger charge is -2.38. The zero-order valence-electron chi connectivity index (χ0n) is 9.91. The normalized spacial score (nSPS) is 18.1. The fourth-order valence-electron chi connectivity index (χ4n) is 2.12. The lowest BCUT2D eigenvalue weighted by molar-refractivity contribution is 0.209. The Morgan fingerprint density at radius 3 is 2.50 bits per heavy atom. The quantitative estimate of drug-likeness (QED) is 0.755. The van der Waals surface area contributed by atoms with Gasteiger partial charge in [0, 0.05) is 44.0 Å². The molecule has 0 aliphatic carbocycles. The van der Waals surface area contributed by atoms with E-state index in [0.29, 0.717) is 6.04 Å². The molecule has 16 heavy (non-hydrogen) atoms. The summed E-state index contributed by atoms with van der Waals surface area (Å²) in [6.45, 7) is 8.48. The fraction of sp³-hybridized carbons (Fsp3) is 0.538. The van der Waals surface area contributed by atoms with Gasteiger partial charge < -0.3 is 4.90 Å². The third-order valence-corrected chi connectivity index (χ3v) is 3.16. The lowest BCUT2D eigenvalue weighted by Crippen LogP contribution is -2.48. The van der Waals surface area contributed by atoms with E-state index in [1.807, 2.05) is 6.07 Å². The molecule has 0 aromatic heterocycles. The van der Waals surface area contributed by atoms with E-state index < -0.39 is 0 Å². The molecule has 1 fully saturated rings. The molecule has 87 valence electrons. The van der Waals surface area contributed by atoms with E-state index in [-0.39, 0.29) is 5.82 Å². The van der Waals surface area contributed by atoms with Gasteiger partial charge in [-0.2, -0.15) is 0 Å². The van der Waals surface area contributed by atoms with Crippen LogP contribution in [0.5, 0.6) is 0 Å². The molecule has 1 aromatic rings. The highest BCUT2D eigenvalue weighted by Crippen LogP contribution is 2.17. The maximum absolute atomic E-state index is 13.0. The van der Waals surface area contributed by atoms with Crippen LogP contribution in [0.1, 0.15) is 13.8 Å². The molecule has 1 heterocycles. The van der Waals surface area contributed by atoms with Gasteiger partial charge >= 0.3 is 0 Å². The molecule has 0 unspecified atom stereocenters. The molecule has 1 saturated heterocycles. The molecular formula is C13H18FN2. The molecule has 1 radical (unpaired) electrons. The first-order valence-corrected chi connectivity index (χ1v) is 5.83. The molecule has 1 aromatic carbocycles. The molecule has 0 saturated carbocycles. The van der Waals surface area contributed by atoms with Crippen molar-refractivity contribution in [2.75, 3.05) is 31.1 Å². The molecule has 0 bridgehead atoms. The first-order valence-electron chi connectivity index (χ1n) is 5.83. The number of rotatable bonds is 2. The second kappa shape index (κ2) is 4.83. The number of hydrogen-bond acceptors (Lipinski definition) is 2. The van der Waals surface area contributed by atoms with Gasteiger partial charge in [-0.25, -0.2) is 4.39 Å². The van der Waals surface area contributed by atoms with Gasteiger partial charge in [0.25, 0.3) is 0 Å². The Bertz CT molecular complexity index is 344. The summed E-state index contributed by atoms with van der Waals surface area (Å²) in [7, 11) is 0. The van der Waals surface area contributed by atoms with Crippen molar-refractivity contribution < 1.29 is 4.39 Å². The van der Waals surface area contributed by atoms with Crippen molar-refractivity contribution in [3.05, 3.63) is 30.1 Å². The van der Waals surface area contributed by atoms with Gasteiger partial charge in [-0.1, -0.05) is 0 Å². The van der Waals surface area contributed by atoms with E-state index in [1.165, 1.54) is 0 Å². The van der Waals surface area contributed by atoms with Gasteiger partial charge in [-0.15, -0.1) is 0 Å². The lowest BCUT2D eigenvalue weighted by atomic mass is 10.2. The number of hydrogen-bond donors (Lipinski definition) is 0. The van der Waals surface area contributed by atoms with Crippen LogP contribution in [0.15, 0.2) is 18.2 Å². The predicted octanol–water partition coefficient (Wildman–Crippen LogP) is 2.16. The van der Waals surface area contributed by atoms with Crippen molar-refractivity contribution in [2.45, 2.75) is 19.9 Å². The fourth-order valence-corrected chi connectivity index (χ4v) is 2.12. The average molecular weight is 221 g/mol. The van der Waals surface area contributed by atoms with E-state index in [4.69, 9.17) is 0 Å². The summed E-state index contributed by atoms with van der Waals surface area (Å²) in [5, 5.41) is 0. The van der Waals surface area contributed by atoms with Crippen LogP contribution in [-0.4, -0.2) is 37.1 Å². The average Bonchev–Trinajstić information content (AvgIpc) is 2.29. The molecule has 0 atom stereocenters. The number of piperazine rings is 1. The molecule has 1 aliphatic heterocycles. The van der Waals surface area contributed by atoms with E-state index in [2.05, 4.69) is 29.7 Å². The SMILES string of the molecule is CC(C)N1CCN(c2cc[c]c(F)c2)CC1. The molecule has 2 rings (SSSR count). The Labute approximate surface area is 96.7 Å². The van der Waals surface area contributed by atoms with Crippen LogP contribution in [0.4, 0.5) is 10.1 Å². The van der Waals surface area contributed by atoms with Gasteiger partial charge in [-0.3, -0.25) is 4.90 Å². The molecule has 2 nitrogen and oxygen atoms in total. The molecule has 0 amide bonds. The van der Waals surface area contributed by atoms with Crippen LogP contribution in [0.25, 0.3) is 0 Å². The Morgan fingerprint density at radius 2 is 1.94 bits per heavy atom. The standard InChI is InChI=1S/C13H18FN2/c1-11(2)15-6-8-16(9-7-15)13-5-3-4-12(14)10-13/h3,5,10-11H,6-9H2,1-2H3. The Hall–Kier alpha value is -1.09. The van der Waals surface area contributed by atoms with Gasteiger partial charge in [0.15, 0.2) is 0 Å². The highest BCUT2D eigenvalue weighted by atomic mass is 19.1. The smallest absolute Gasteiger partial charge is 0.133 e. The first kappa shape index (κ1) is 11.4. The summed E-state index contributed by atoms with van der Waals surface area (Å²) < 4.78 is 13.0. The summed E-state index contributed by atoms with van der Waals surface area (Å²) in [6, 6.07) is 8.27. The van der Waals surface area contributed by atoms with Crippen LogP contribution >= 0.6 is 0 Å². The highest BCUT2D eigenvalue weighted by molar-refractivity contribution is 5.46.